The molecule has 5 heteroatoms. The maximum absolute atomic E-state index is 4.25. The number of nitrogens with zero attached hydrogens (tertiary/aromatic N) is 2. The first-order valence-electron chi connectivity index (χ1n) is 7.04. The molecule has 0 atom stereocenters. The molecule has 0 spiro atoms. The van der Waals surface area contributed by atoms with Gasteiger partial charge in [-0.05, 0) is 0 Å². The summed E-state index contributed by atoms with van der Waals surface area (Å²) in [6, 6.07) is 1.42. The largest absolute Gasteiger partial charge is 4.00 e. The van der Waals surface area contributed by atoms with Gasteiger partial charge in [0.15, 0.2) is 0 Å². The number of halogens is 2. The van der Waals surface area contributed by atoms with Crippen LogP contribution in [-0.2, 0) is 25.8 Å². The Balaban J connectivity index is -0.000000233. The van der Waals surface area contributed by atoms with Crippen LogP contribution in [0.3, 0.4) is 0 Å². The van der Waals surface area contributed by atoms with E-state index in [1.807, 2.05) is 14.1 Å². The first kappa shape index (κ1) is 24.7. The van der Waals surface area contributed by atoms with E-state index in [1.54, 1.807) is 0 Å². The molecule has 0 aromatic rings. The summed E-state index contributed by atoms with van der Waals surface area (Å²) in [7, 11) is 3.88. The Bertz CT molecular complexity index is 144. The van der Waals surface area contributed by atoms with Crippen molar-refractivity contribution in [2.75, 3.05) is 14.1 Å². The zero-order chi connectivity index (χ0) is 11.6. The molecule has 0 heterocycles. The van der Waals surface area contributed by atoms with Crippen LogP contribution in [0.1, 0.15) is 64.2 Å². The van der Waals surface area contributed by atoms with Crippen molar-refractivity contribution in [1.82, 2.24) is 0 Å². The van der Waals surface area contributed by atoms with Gasteiger partial charge in [0.2, 0.25) is 0 Å². The monoisotopic (exact) mass is 442 g/mol. The molecule has 0 amide bonds. The first-order chi connectivity index (χ1) is 7.86. The molecule has 0 unspecified atom stereocenters. The summed E-state index contributed by atoms with van der Waals surface area (Å²) < 4.78 is 0. The van der Waals surface area contributed by atoms with Crippen molar-refractivity contribution in [2.45, 2.75) is 76.3 Å². The molecular weight excluding hydrogens is 413 g/mol. The summed E-state index contributed by atoms with van der Waals surface area (Å²) in [4.78, 5) is 0. The topological polar surface area (TPSA) is 28.2 Å². The minimum absolute atomic E-state index is 0. The van der Waals surface area contributed by atoms with E-state index < -0.39 is 0 Å². The van der Waals surface area contributed by atoms with E-state index in [-0.39, 0.29) is 35.3 Å². The van der Waals surface area contributed by atoms with Gasteiger partial charge in [0, 0.05) is 0 Å². The molecule has 2 fully saturated rings. The fourth-order valence-corrected chi connectivity index (χ4v) is 2.68. The van der Waals surface area contributed by atoms with Gasteiger partial charge >= 0.3 is 25.8 Å². The molecule has 2 aliphatic rings. The third kappa shape index (κ3) is 12.1. The Morgan fingerprint density at radius 1 is 0.579 bits per heavy atom. The molecule has 2 aliphatic carbocycles. The molecule has 2 nitrogen and oxygen atoms in total. The van der Waals surface area contributed by atoms with Crippen molar-refractivity contribution >= 4 is 0 Å². The number of hydrogen-bond donors (Lipinski definition) is 0. The van der Waals surface area contributed by atoms with E-state index >= 15 is 0 Å². The molecule has 0 bridgehead atoms. The smallest absolute Gasteiger partial charge is 1.00 e. The number of hydrogen-bond acceptors (Lipinski definition) is 0. The molecule has 19 heavy (non-hydrogen) atoms. The Hall–Kier alpha value is 0.650. The van der Waals surface area contributed by atoms with Crippen LogP contribution in [0.2, 0.25) is 0 Å². The second-order valence-electron chi connectivity index (χ2n) is 5.10. The van der Waals surface area contributed by atoms with Gasteiger partial charge in [0.1, 0.15) is 0 Å². The minimum atomic E-state index is 0. The van der Waals surface area contributed by atoms with E-state index in [1.165, 1.54) is 64.2 Å². The van der Waals surface area contributed by atoms with Gasteiger partial charge in [-0.1, -0.05) is 64.2 Å². The Kier molecular flexibility index (Phi) is 21.7. The fourth-order valence-electron chi connectivity index (χ4n) is 2.68. The molecule has 0 saturated heterocycles. The SMILES string of the molecule is C[N-]C1CCCCC1.C[N-]C1CCCCC1.[F-].[F-].[Hf+4]. The Morgan fingerprint density at radius 2 is 0.842 bits per heavy atom. The van der Waals surface area contributed by atoms with Crippen LogP contribution < -0.4 is 9.41 Å². The third-order valence-corrected chi connectivity index (χ3v) is 3.88. The van der Waals surface area contributed by atoms with Gasteiger partial charge in [-0.3, -0.25) is 0 Å². The van der Waals surface area contributed by atoms with Crippen molar-refractivity contribution in [3.8, 4) is 0 Å². The summed E-state index contributed by atoms with van der Waals surface area (Å²) >= 11 is 0. The van der Waals surface area contributed by atoms with E-state index in [0.29, 0.717) is 12.1 Å². The zero-order valence-electron chi connectivity index (χ0n) is 12.4. The van der Waals surface area contributed by atoms with Crippen LogP contribution in [0.15, 0.2) is 0 Å². The molecule has 2 rings (SSSR count). The van der Waals surface area contributed by atoms with E-state index in [2.05, 4.69) is 10.6 Å². The molecule has 0 N–H and O–H groups in total. The standard InChI is InChI=1S/2C7H14N.2FH.Hf/c2*1-8-7-5-3-2-4-6-7;;;/h2*7H,2-6H2,1H3;2*1H;/q2*-1;;;+4/p-2. The van der Waals surface area contributed by atoms with E-state index in [0.717, 1.165) is 0 Å². The van der Waals surface area contributed by atoms with Gasteiger partial charge in [-0.2, -0.15) is 14.1 Å². The molecule has 0 aliphatic heterocycles. The predicted molar refractivity (Wildman–Crippen MR) is 72.3 cm³/mol. The Morgan fingerprint density at radius 3 is 1.00 bits per heavy atom. The average molecular weight is 441 g/mol. The van der Waals surface area contributed by atoms with Gasteiger partial charge < -0.3 is 20.0 Å². The van der Waals surface area contributed by atoms with Crippen LogP contribution in [0.4, 0.5) is 0 Å². The number of rotatable bonds is 2. The van der Waals surface area contributed by atoms with Crippen molar-refractivity contribution < 1.29 is 35.3 Å². The molecule has 0 radical (unpaired) electrons. The van der Waals surface area contributed by atoms with Crippen LogP contribution in [0, 0.1) is 0 Å². The summed E-state index contributed by atoms with van der Waals surface area (Å²) in [5, 5.41) is 8.50. The maximum Gasteiger partial charge on any atom is 4.00 e. The summed E-state index contributed by atoms with van der Waals surface area (Å²) in [5.74, 6) is 0. The zero-order valence-corrected chi connectivity index (χ0v) is 16.0. The molecule has 0 aromatic carbocycles. The van der Waals surface area contributed by atoms with Crippen molar-refractivity contribution in [2.24, 2.45) is 0 Å². The third-order valence-electron chi connectivity index (χ3n) is 3.88. The van der Waals surface area contributed by atoms with Gasteiger partial charge in [0.05, 0.1) is 0 Å². The van der Waals surface area contributed by atoms with Gasteiger partial charge in [-0.15, -0.1) is 12.1 Å². The van der Waals surface area contributed by atoms with Crippen molar-refractivity contribution in [3.05, 3.63) is 10.6 Å². The first-order valence-corrected chi connectivity index (χ1v) is 7.04. The van der Waals surface area contributed by atoms with Gasteiger partial charge in [0.25, 0.3) is 0 Å². The quantitative estimate of drug-likeness (QED) is 0.475. The van der Waals surface area contributed by atoms with Crippen LogP contribution >= 0.6 is 0 Å². The molecule has 112 valence electrons. The van der Waals surface area contributed by atoms with Crippen molar-refractivity contribution in [3.63, 3.8) is 0 Å². The summed E-state index contributed by atoms with van der Waals surface area (Å²) in [5.41, 5.74) is 0. The molecule has 0 aromatic heterocycles. The summed E-state index contributed by atoms with van der Waals surface area (Å²) in [6.45, 7) is 0. The van der Waals surface area contributed by atoms with Crippen LogP contribution in [0.5, 0.6) is 0 Å². The second-order valence-corrected chi connectivity index (χ2v) is 5.10. The molecule has 2 saturated carbocycles. The molecular formula is C14H28F2HfN2. The summed E-state index contributed by atoms with van der Waals surface area (Å²) in [6.07, 6.45) is 13.9. The Labute approximate surface area is 136 Å². The normalized spacial score (nSPS) is 19.9. The average Bonchev–Trinajstić information content (AvgIpc) is 2.41. The van der Waals surface area contributed by atoms with E-state index in [9.17, 15) is 0 Å². The van der Waals surface area contributed by atoms with Gasteiger partial charge in [-0.25, -0.2) is 0 Å². The van der Waals surface area contributed by atoms with Crippen LogP contribution in [-0.4, -0.2) is 26.2 Å². The van der Waals surface area contributed by atoms with Crippen molar-refractivity contribution in [1.29, 1.82) is 0 Å². The fraction of sp³-hybridized carbons (Fsp3) is 1.00. The maximum atomic E-state index is 4.25. The minimum Gasteiger partial charge on any atom is -1.00 e. The van der Waals surface area contributed by atoms with Crippen LogP contribution in [0.25, 0.3) is 10.6 Å². The second kappa shape index (κ2) is 16.7. The van der Waals surface area contributed by atoms with E-state index in [4.69, 9.17) is 0 Å². The predicted octanol–water partition coefficient (Wildman–Crippen LogP) is -1.35.